The van der Waals surface area contributed by atoms with Gasteiger partial charge in [0.2, 0.25) is 23.0 Å². The van der Waals surface area contributed by atoms with Crippen LogP contribution in [0, 0.1) is 5.92 Å². The zero-order valence-corrected chi connectivity index (χ0v) is 26.4. The van der Waals surface area contributed by atoms with Gasteiger partial charge >= 0.3 is 0 Å². The summed E-state index contributed by atoms with van der Waals surface area (Å²) in [7, 11) is 6.45. The zero-order valence-electron chi connectivity index (χ0n) is 26.4. The van der Waals surface area contributed by atoms with Crippen LogP contribution in [0.2, 0.25) is 0 Å². The van der Waals surface area contributed by atoms with E-state index in [2.05, 4.69) is 26.0 Å². The topological polar surface area (TPSA) is 146 Å². The summed E-state index contributed by atoms with van der Waals surface area (Å²) in [5.41, 5.74) is 3.02. The fourth-order valence-electron chi connectivity index (χ4n) is 5.60. The highest BCUT2D eigenvalue weighted by molar-refractivity contribution is 5.86. The van der Waals surface area contributed by atoms with Gasteiger partial charge in [0, 0.05) is 32.5 Å². The van der Waals surface area contributed by atoms with Gasteiger partial charge in [0.25, 0.3) is 0 Å². The highest BCUT2D eigenvalue weighted by Gasteiger charge is 2.30. The summed E-state index contributed by atoms with van der Waals surface area (Å²) in [5.74, 6) is 1.56. The maximum atomic E-state index is 13.8. The van der Waals surface area contributed by atoms with E-state index in [4.69, 9.17) is 14.2 Å². The van der Waals surface area contributed by atoms with Crippen LogP contribution < -0.4 is 35.6 Å². The van der Waals surface area contributed by atoms with Crippen molar-refractivity contribution in [1.82, 2.24) is 25.4 Å². The Morgan fingerprint density at radius 3 is 2.48 bits per heavy atom. The van der Waals surface area contributed by atoms with Gasteiger partial charge in [-0.2, -0.15) is 5.10 Å². The molecule has 1 aliphatic carbocycles. The van der Waals surface area contributed by atoms with Gasteiger partial charge in [0.15, 0.2) is 17.3 Å². The summed E-state index contributed by atoms with van der Waals surface area (Å²) in [6.45, 7) is 5.78. The fraction of sp³-hybridized carbons (Fsp3) is 0.469. The van der Waals surface area contributed by atoms with Crippen LogP contribution in [0.25, 0.3) is 11.1 Å². The van der Waals surface area contributed by atoms with E-state index in [9.17, 15) is 14.4 Å². The largest absolute Gasteiger partial charge is 0.493 e. The molecule has 3 unspecified atom stereocenters. The Bertz CT molecular complexity index is 1570. The number of carbonyl (C=O) groups excluding carboxylic acids is 2. The van der Waals surface area contributed by atoms with E-state index < -0.39 is 12.1 Å². The minimum atomic E-state index is -0.663. The van der Waals surface area contributed by atoms with E-state index in [0.29, 0.717) is 66.4 Å². The number of nitrogens with zero attached hydrogens (tertiary/aromatic N) is 3. The minimum absolute atomic E-state index is 0.0737. The van der Waals surface area contributed by atoms with Crippen molar-refractivity contribution in [3.8, 4) is 28.4 Å². The molecule has 2 aromatic carbocycles. The second-order valence-corrected chi connectivity index (χ2v) is 11.0. The fourth-order valence-corrected chi connectivity index (χ4v) is 5.60. The molecule has 3 N–H and O–H groups in total. The van der Waals surface area contributed by atoms with Crippen LogP contribution in [0.4, 0.5) is 5.69 Å². The lowest BCUT2D eigenvalue weighted by atomic mass is 9.95. The van der Waals surface area contributed by atoms with Gasteiger partial charge in [0.05, 0.1) is 33.1 Å². The number of aryl methyl sites for hydroxylation is 2. The van der Waals surface area contributed by atoms with Crippen molar-refractivity contribution in [1.29, 1.82) is 0 Å². The number of aromatic nitrogens is 3. The number of hydrogen-bond donors (Lipinski definition) is 3. The zero-order chi connectivity index (χ0) is 32.0. The number of hydrogen-bond acceptors (Lipinski definition) is 9. The van der Waals surface area contributed by atoms with Crippen LogP contribution in [0.5, 0.6) is 17.2 Å². The monoisotopic (exact) mass is 606 g/mol. The molecule has 0 spiro atoms. The number of rotatable bonds is 12. The Morgan fingerprint density at radius 2 is 1.86 bits per heavy atom. The Labute approximate surface area is 257 Å². The van der Waals surface area contributed by atoms with Crippen LogP contribution in [-0.2, 0) is 29.5 Å². The third-order valence-corrected chi connectivity index (χ3v) is 8.02. The van der Waals surface area contributed by atoms with Gasteiger partial charge < -0.3 is 30.2 Å². The van der Waals surface area contributed by atoms with E-state index in [0.717, 1.165) is 11.1 Å². The molecule has 2 amide bonds. The molecule has 0 aliphatic heterocycles. The SMILES string of the molecule is CCC(C)C(Nc1ccc2c(cc1=O)C(NC(C)=O)CCc1cc(OC)c(OC)c(OC)c1-2)C(=O)NCCc1ncn(C)n1. The molecular formula is C32H42N6O6. The number of anilines is 1. The predicted molar refractivity (Wildman–Crippen MR) is 167 cm³/mol. The molecule has 12 nitrogen and oxygen atoms in total. The van der Waals surface area contributed by atoms with E-state index in [1.54, 1.807) is 51.5 Å². The molecular weight excluding hydrogens is 564 g/mol. The number of nitrogens with one attached hydrogen (secondary N) is 3. The normalized spacial score (nSPS) is 15.1. The van der Waals surface area contributed by atoms with Gasteiger partial charge in [-0.15, -0.1) is 0 Å². The highest BCUT2D eigenvalue weighted by Crippen LogP contribution is 2.50. The molecule has 236 valence electrons. The number of methoxy groups -OCH3 is 3. The van der Waals surface area contributed by atoms with Gasteiger partial charge in [-0.1, -0.05) is 26.3 Å². The van der Waals surface area contributed by atoms with Crippen molar-refractivity contribution >= 4 is 17.5 Å². The van der Waals surface area contributed by atoms with Gasteiger partial charge in [-0.25, -0.2) is 4.98 Å². The molecule has 3 aromatic rings. The van der Waals surface area contributed by atoms with Crippen LogP contribution in [0.1, 0.15) is 56.6 Å². The molecule has 44 heavy (non-hydrogen) atoms. The summed E-state index contributed by atoms with van der Waals surface area (Å²) < 4.78 is 18.7. The standard InChI is InChI=1S/C32H42N6O6/c1-8-18(2)29(32(41)33-14-13-27-34-17-38(4)37-27)36-24-12-10-21-22(16-25(24)40)23(35-19(3)39)11-9-20-15-26(42-5)30(43-6)31(44-7)28(20)21/h10,12,15-18,23,29H,8-9,11,13-14H2,1-7H3,(H,33,41)(H,35,39)(H,36,40). The summed E-state index contributed by atoms with van der Waals surface area (Å²) in [4.78, 5) is 43.6. The summed E-state index contributed by atoms with van der Waals surface area (Å²) in [6, 6.07) is 5.89. The molecule has 0 radical (unpaired) electrons. The molecule has 0 fully saturated rings. The van der Waals surface area contributed by atoms with E-state index in [1.807, 2.05) is 26.0 Å². The number of ether oxygens (including phenoxy) is 3. The van der Waals surface area contributed by atoms with Crippen molar-refractivity contribution in [2.45, 2.75) is 58.5 Å². The second kappa shape index (κ2) is 14.2. The first-order valence-electron chi connectivity index (χ1n) is 14.8. The summed E-state index contributed by atoms with van der Waals surface area (Å²) in [6.07, 6.45) is 3.96. The Kier molecular flexibility index (Phi) is 10.5. The number of amides is 2. The third kappa shape index (κ3) is 6.95. The first-order valence-corrected chi connectivity index (χ1v) is 14.8. The molecule has 1 aliphatic rings. The van der Waals surface area contributed by atoms with Crippen LogP contribution in [0.3, 0.4) is 0 Å². The smallest absolute Gasteiger partial charge is 0.242 e. The van der Waals surface area contributed by atoms with Crippen molar-refractivity contribution in [2.75, 3.05) is 33.2 Å². The van der Waals surface area contributed by atoms with Crippen molar-refractivity contribution < 1.29 is 23.8 Å². The Balaban J connectivity index is 1.77. The van der Waals surface area contributed by atoms with E-state index in [1.165, 1.54) is 6.92 Å². The van der Waals surface area contributed by atoms with Crippen molar-refractivity contribution in [3.05, 3.63) is 57.8 Å². The molecule has 0 saturated carbocycles. The Hall–Kier alpha value is -4.61. The molecule has 4 rings (SSSR count). The minimum Gasteiger partial charge on any atom is -0.493 e. The average molecular weight is 607 g/mol. The first-order chi connectivity index (χ1) is 21.1. The quantitative estimate of drug-likeness (QED) is 0.283. The van der Waals surface area contributed by atoms with Crippen LogP contribution >= 0.6 is 0 Å². The number of carbonyl (C=O) groups is 2. The second-order valence-electron chi connectivity index (χ2n) is 11.0. The van der Waals surface area contributed by atoms with Gasteiger partial charge in [-0.05, 0) is 53.6 Å². The molecule has 1 heterocycles. The summed E-state index contributed by atoms with van der Waals surface area (Å²) >= 11 is 0. The Morgan fingerprint density at radius 1 is 1.11 bits per heavy atom. The molecule has 3 atom stereocenters. The van der Waals surface area contributed by atoms with E-state index in [-0.39, 0.29) is 28.8 Å². The van der Waals surface area contributed by atoms with Gasteiger partial charge in [0.1, 0.15) is 12.4 Å². The van der Waals surface area contributed by atoms with Crippen LogP contribution in [-0.4, -0.2) is 60.5 Å². The summed E-state index contributed by atoms with van der Waals surface area (Å²) in [5, 5.41) is 13.5. The van der Waals surface area contributed by atoms with E-state index >= 15 is 0 Å². The lowest BCUT2D eigenvalue weighted by Gasteiger charge is -2.24. The lowest BCUT2D eigenvalue weighted by Crippen LogP contribution is -2.45. The molecule has 0 saturated heterocycles. The number of fused-ring (bicyclic) bond motifs is 3. The average Bonchev–Trinajstić information content (AvgIpc) is 3.28. The van der Waals surface area contributed by atoms with Gasteiger partial charge in [-0.3, -0.25) is 19.1 Å². The predicted octanol–water partition coefficient (Wildman–Crippen LogP) is 3.18. The molecule has 1 aromatic heterocycles. The maximum absolute atomic E-state index is 13.8. The highest BCUT2D eigenvalue weighted by atomic mass is 16.5. The van der Waals surface area contributed by atoms with Crippen LogP contribution in [0.15, 0.2) is 35.4 Å². The lowest BCUT2D eigenvalue weighted by molar-refractivity contribution is -0.123. The maximum Gasteiger partial charge on any atom is 0.242 e. The molecule has 12 heteroatoms. The third-order valence-electron chi connectivity index (χ3n) is 8.02. The number of benzene rings is 1. The first kappa shape index (κ1) is 32.3. The van der Waals surface area contributed by atoms with Crippen molar-refractivity contribution in [3.63, 3.8) is 0 Å². The molecule has 0 bridgehead atoms. The van der Waals surface area contributed by atoms with Crippen molar-refractivity contribution in [2.24, 2.45) is 13.0 Å².